The van der Waals surface area contributed by atoms with Crippen LogP contribution in [0, 0.1) is 0 Å². The Kier molecular flexibility index (Phi) is 4.47. The molecule has 2 aromatic rings. The molecule has 4 nitrogen and oxygen atoms in total. The smallest absolute Gasteiger partial charge is 0.243 e. The molecule has 2 aromatic carbocycles. The number of benzene rings is 2. The van der Waals surface area contributed by atoms with Gasteiger partial charge < -0.3 is 5.73 Å². The van der Waals surface area contributed by atoms with Crippen LogP contribution in [0.5, 0.6) is 0 Å². The lowest BCUT2D eigenvalue weighted by molar-refractivity contribution is 0.238. The zero-order valence-corrected chi connectivity index (χ0v) is 14.2. The zero-order valence-electron chi connectivity index (χ0n) is 12.7. The Morgan fingerprint density at radius 2 is 1.52 bits per heavy atom. The number of nitrogens with zero attached hydrogens (tertiary/aromatic N) is 1. The summed E-state index contributed by atoms with van der Waals surface area (Å²) in [6.45, 7) is 0.826. The lowest BCUT2D eigenvalue weighted by Gasteiger charge is -2.39. The highest BCUT2D eigenvalue weighted by molar-refractivity contribution is 7.89. The van der Waals surface area contributed by atoms with E-state index in [-0.39, 0.29) is 4.90 Å². The van der Waals surface area contributed by atoms with Crippen LogP contribution in [0.1, 0.15) is 18.4 Å². The van der Waals surface area contributed by atoms with Crippen LogP contribution in [0.3, 0.4) is 0 Å². The number of halogens is 1. The molecule has 0 aliphatic carbocycles. The lowest BCUT2D eigenvalue weighted by Crippen LogP contribution is -2.49. The van der Waals surface area contributed by atoms with Crippen LogP contribution in [-0.2, 0) is 15.6 Å². The van der Waals surface area contributed by atoms with E-state index in [9.17, 15) is 8.42 Å². The monoisotopic (exact) mass is 350 g/mol. The summed E-state index contributed by atoms with van der Waals surface area (Å²) >= 11 is 5.83. The maximum Gasteiger partial charge on any atom is 0.243 e. The fourth-order valence-corrected chi connectivity index (χ4v) is 4.51. The second-order valence-corrected chi connectivity index (χ2v) is 8.25. The first-order valence-corrected chi connectivity index (χ1v) is 9.34. The van der Waals surface area contributed by atoms with Crippen molar-refractivity contribution in [2.24, 2.45) is 5.73 Å². The molecule has 6 heteroatoms. The highest BCUT2D eigenvalue weighted by Gasteiger charge is 2.36. The molecule has 0 aromatic heterocycles. The van der Waals surface area contributed by atoms with Crippen LogP contribution in [-0.4, -0.2) is 25.8 Å². The average molecular weight is 351 g/mol. The minimum atomic E-state index is -3.49. The summed E-state index contributed by atoms with van der Waals surface area (Å²) < 4.78 is 26.9. The van der Waals surface area contributed by atoms with Crippen LogP contribution >= 0.6 is 11.6 Å². The van der Waals surface area contributed by atoms with Gasteiger partial charge in [0.1, 0.15) is 0 Å². The van der Waals surface area contributed by atoms with E-state index in [0.717, 1.165) is 5.56 Å². The van der Waals surface area contributed by atoms with Gasteiger partial charge >= 0.3 is 0 Å². The van der Waals surface area contributed by atoms with Gasteiger partial charge in [-0.2, -0.15) is 4.31 Å². The van der Waals surface area contributed by atoms with Gasteiger partial charge in [-0.1, -0.05) is 41.9 Å². The topological polar surface area (TPSA) is 63.4 Å². The first-order chi connectivity index (χ1) is 10.9. The molecule has 0 atom stereocenters. The number of rotatable bonds is 3. The molecule has 0 radical (unpaired) electrons. The third-order valence-corrected chi connectivity index (χ3v) is 6.58. The fourth-order valence-electron chi connectivity index (χ4n) is 2.94. The SMILES string of the molecule is NC1(c2ccccc2)CCN(S(=O)(=O)c2ccc(Cl)cc2)CC1. The molecule has 0 unspecified atom stereocenters. The molecule has 0 bridgehead atoms. The maximum absolute atomic E-state index is 12.7. The van der Waals surface area contributed by atoms with E-state index in [1.54, 1.807) is 24.3 Å². The van der Waals surface area contributed by atoms with E-state index in [4.69, 9.17) is 17.3 Å². The van der Waals surface area contributed by atoms with Crippen LogP contribution in [0.2, 0.25) is 5.02 Å². The molecule has 1 heterocycles. The van der Waals surface area contributed by atoms with E-state index in [2.05, 4.69) is 0 Å². The molecule has 1 aliphatic heterocycles. The summed E-state index contributed by atoms with van der Waals surface area (Å²) in [5.74, 6) is 0. The molecule has 1 saturated heterocycles. The summed E-state index contributed by atoms with van der Waals surface area (Å²) in [7, 11) is -3.49. The van der Waals surface area contributed by atoms with Gasteiger partial charge in [-0.05, 0) is 42.7 Å². The van der Waals surface area contributed by atoms with Gasteiger partial charge in [-0.25, -0.2) is 8.42 Å². The molecular formula is C17H19ClN2O2S. The van der Waals surface area contributed by atoms with Gasteiger partial charge in [-0.15, -0.1) is 0 Å². The third-order valence-electron chi connectivity index (χ3n) is 4.41. The quantitative estimate of drug-likeness (QED) is 0.925. The van der Waals surface area contributed by atoms with Crippen LogP contribution in [0.25, 0.3) is 0 Å². The van der Waals surface area contributed by atoms with E-state index >= 15 is 0 Å². The van der Waals surface area contributed by atoms with Crippen molar-refractivity contribution in [1.82, 2.24) is 4.31 Å². The van der Waals surface area contributed by atoms with E-state index < -0.39 is 15.6 Å². The van der Waals surface area contributed by atoms with Gasteiger partial charge in [0.05, 0.1) is 4.90 Å². The van der Waals surface area contributed by atoms with Crippen LogP contribution in [0.4, 0.5) is 0 Å². The van der Waals surface area contributed by atoms with Crippen LogP contribution in [0.15, 0.2) is 59.5 Å². The van der Waals surface area contributed by atoms with Crippen molar-refractivity contribution in [1.29, 1.82) is 0 Å². The van der Waals surface area contributed by atoms with Crippen molar-refractivity contribution in [3.8, 4) is 0 Å². The minimum Gasteiger partial charge on any atom is -0.321 e. The van der Waals surface area contributed by atoms with E-state index in [0.29, 0.717) is 31.0 Å². The van der Waals surface area contributed by atoms with Gasteiger partial charge in [-0.3, -0.25) is 0 Å². The van der Waals surface area contributed by atoms with Crippen LogP contribution < -0.4 is 5.73 Å². The largest absolute Gasteiger partial charge is 0.321 e. The van der Waals surface area contributed by atoms with Crippen molar-refractivity contribution >= 4 is 21.6 Å². The highest BCUT2D eigenvalue weighted by atomic mass is 35.5. The molecule has 1 fully saturated rings. The molecule has 23 heavy (non-hydrogen) atoms. The Morgan fingerprint density at radius 1 is 0.957 bits per heavy atom. The van der Waals surface area contributed by atoms with E-state index in [1.807, 2.05) is 30.3 Å². The van der Waals surface area contributed by atoms with Gasteiger partial charge in [0.15, 0.2) is 0 Å². The van der Waals surface area contributed by atoms with Gasteiger partial charge in [0, 0.05) is 23.7 Å². The Bertz CT molecular complexity index is 768. The van der Waals surface area contributed by atoms with Crippen molar-refractivity contribution in [3.05, 3.63) is 65.2 Å². The molecule has 0 spiro atoms. The molecule has 1 aliphatic rings. The maximum atomic E-state index is 12.7. The summed E-state index contributed by atoms with van der Waals surface area (Å²) in [6, 6.07) is 16.1. The number of sulfonamides is 1. The summed E-state index contributed by atoms with van der Waals surface area (Å²) in [4.78, 5) is 0.270. The summed E-state index contributed by atoms with van der Waals surface area (Å²) in [5.41, 5.74) is 7.10. The molecule has 0 amide bonds. The first-order valence-electron chi connectivity index (χ1n) is 7.52. The second-order valence-electron chi connectivity index (χ2n) is 5.88. The highest BCUT2D eigenvalue weighted by Crippen LogP contribution is 2.32. The Morgan fingerprint density at radius 3 is 2.09 bits per heavy atom. The Balaban J connectivity index is 1.77. The van der Waals surface area contributed by atoms with E-state index in [1.165, 1.54) is 4.31 Å². The van der Waals surface area contributed by atoms with Gasteiger partial charge in [0.25, 0.3) is 0 Å². The normalized spacial score (nSPS) is 18.7. The second kappa shape index (κ2) is 6.24. The number of nitrogens with two attached hydrogens (primary N) is 1. The number of hydrogen-bond donors (Lipinski definition) is 1. The van der Waals surface area contributed by atoms with Gasteiger partial charge in [0.2, 0.25) is 10.0 Å². The number of hydrogen-bond acceptors (Lipinski definition) is 3. The lowest BCUT2D eigenvalue weighted by atomic mass is 9.83. The number of piperidine rings is 1. The molecule has 0 saturated carbocycles. The fraction of sp³-hybridized carbons (Fsp3) is 0.294. The molecule has 2 N–H and O–H groups in total. The average Bonchev–Trinajstić information content (AvgIpc) is 2.56. The standard InChI is InChI=1S/C17H19ClN2O2S/c18-15-6-8-16(9-7-15)23(21,22)20-12-10-17(19,11-13-20)14-4-2-1-3-5-14/h1-9H,10-13,19H2. The molecule has 3 rings (SSSR count). The summed E-state index contributed by atoms with van der Waals surface area (Å²) in [5, 5.41) is 0.521. The zero-order chi connectivity index (χ0) is 16.5. The third kappa shape index (κ3) is 3.28. The predicted molar refractivity (Wildman–Crippen MR) is 91.8 cm³/mol. The van der Waals surface area contributed by atoms with Crippen molar-refractivity contribution in [2.75, 3.05) is 13.1 Å². The van der Waals surface area contributed by atoms with Crippen molar-refractivity contribution < 1.29 is 8.42 Å². The summed E-state index contributed by atoms with van der Waals surface area (Å²) in [6.07, 6.45) is 1.20. The predicted octanol–water partition coefficient (Wildman–Crippen LogP) is 2.98. The molecule has 122 valence electrons. The van der Waals surface area contributed by atoms with Crippen molar-refractivity contribution in [2.45, 2.75) is 23.3 Å². The Hall–Kier alpha value is -1.40. The first kappa shape index (κ1) is 16.5. The Labute approximate surface area is 141 Å². The van der Waals surface area contributed by atoms with Crippen molar-refractivity contribution in [3.63, 3.8) is 0 Å². The molecular weight excluding hydrogens is 332 g/mol. The minimum absolute atomic E-state index is 0.270.